The first kappa shape index (κ1) is 11.0. The molecule has 2 aliphatic rings. The monoisotopic (exact) mass is 219 g/mol. The Kier molecular flexibility index (Phi) is 3.77. The Morgan fingerprint density at radius 1 is 1.44 bits per heavy atom. The van der Waals surface area contributed by atoms with Crippen molar-refractivity contribution in [1.29, 1.82) is 0 Å². The van der Waals surface area contributed by atoms with Crippen molar-refractivity contribution in [2.75, 3.05) is 13.1 Å². The maximum absolute atomic E-state index is 11.9. The van der Waals surface area contributed by atoms with Gasteiger partial charge in [-0.2, -0.15) is 0 Å². The van der Waals surface area contributed by atoms with Crippen molar-refractivity contribution in [3.63, 3.8) is 0 Å². The van der Waals surface area contributed by atoms with Gasteiger partial charge >= 0.3 is 0 Å². The molecule has 0 bridgehead atoms. The Bertz CT molecular complexity index is 338. The smallest absolute Gasteiger partial charge is 0.253 e. The van der Waals surface area contributed by atoms with E-state index < -0.39 is 0 Å². The van der Waals surface area contributed by atoms with Crippen LogP contribution in [0.15, 0.2) is 36.2 Å². The minimum absolute atomic E-state index is 0.0128. The fourth-order valence-electron chi connectivity index (χ4n) is 1.84. The average Bonchev–Trinajstić information content (AvgIpc) is 2.59. The summed E-state index contributed by atoms with van der Waals surface area (Å²) in [4.78, 5) is 11.9. The van der Waals surface area contributed by atoms with E-state index in [9.17, 15) is 4.79 Å². The Morgan fingerprint density at radius 3 is 3.19 bits per heavy atom. The van der Waals surface area contributed by atoms with Gasteiger partial charge in [0.1, 0.15) is 0 Å². The summed E-state index contributed by atoms with van der Waals surface area (Å²) in [6.07, 6.45) is 11.2. The van der Waals surface area contributed by atoms with Gasteiger partial charge in [-0.05, 0) is 31.5 Å². The van der Waals surface area contributed by atoms with Crippen LogP contribution in [0, 0.1) is 0 Å². The maximum atomic E-state index is 11.9. The largest absolute Gasteiger partial charge is 0.367 e. The molecule has 0 saturated carbocycles. The highest BCUT2D eigenvalue weighted by Gasteiger charge is 2.16. The molecular weight excluding hydrogens is 202 g/mol. The highest BCUT2D eigenvalue weighted by Crippen LogP contribution is 2.04. The molecule has 1 unspecified atom stereocenters. The van der Waals surface area contributed by atoms with Gasteiger partial charge in [0.15, 0.2) is 0 Å². The SMILES string of the molecule is O=C(NC1CCCNC1)C1=CNC=CC=C1. The quantitative estimate of drug-likeness (QED) is 0.630. The van der Waals surface area contributed by atoms with Crippen LogP contribution >= 0.6 is 0 Å². The van der Waals surface area contributed by atoms with Crippen LogP contribution in [0.3, 0.4) is 0 Å². The van der Waals surface area contributed by atoms with E-state index in [0.717, 1.165) is 25.9 Å². The minimum atomic E-state index is -0.0128. The number of piperidine rings is 1. The third-order valence-corrected chi connectivity index (χ3v) is 2.71. The molecule has 4 heteroatoms. The first-order valence-electron chi connectivity index (χ1n) is 5.67. The molecule has 86 valence electrons. The molecule has 3 N–H and O–H groups in total. The highest BCUT2D eigenvalue weighted by atomic mass is 16.1. The van der Waals surface area contributed by atoms with E-state index in [4.69, 9.17) is 0 Å². The van der Waals surface area contributed by atoms with Gasteiger partial charge in [0.05, 0.1) is 5.57 Å². The molecule has 0 aromatic heterocycles. The van der Waals surface area contributed by atoms with E-state index in [1.807, 2.05) is 18.2 Å². The molecule has 0 radical (unpaired) electrons. The number of hydrogen-bond acceptors (Lipinski definition) is 3. The molecule has 2 aliphatic heterocycles. The lowest BCUT2D eigenvalue weighted by molar-refractivity contribution is -0.118. The Morgan fingerprint density at radius 2 is 2.38 bits per heavy atom. The number of allylic oxidation sites excluding steroid dienone is 2. The fraction of sp³-hybridized carbons (Fsp3) is 0.417. The third kappa shape index (κ3) is 2.97. The van der Waals surface area contributed by atoms with E-state index >= 15 is 0 Å². The summed E-state index contributed by atoms with van der Waals surface area (Å²) in [5, 5.41) is 9.24. The highest BCUT2D eigenvalue weighted by molar-refractivity contribution is 5.96. The lowest BCUT2D eigenvalue weighted by atomic mass is 10.1. The Balaban J connectivity index is 1.89. The molecule has 16 heavy (non-hydrogen) atoms. The molecule has 2 heterocycles. The van der Waals surface area contributed by atoms with Crippen LogP contribution in [0.5, 0.6) is 0 Å². The van der Waals surface area contributed by atoms with Crippen molar-refractivity contribution in [2.45, 2.75) is 18.9 Å². The Hall–Kier alpha value is -1.55. The molecule has 2 rings (SSSR count). The summed E-state index contributed by atoms with van der Waals surface area (Å²) in [6.45, 7) is 1.93. The summed E-state index contributed by atoms with van der Waals surface area (Å²) in [5.74, 6) is -0.0128. The van der Waals surface area contributed by atoms with E-state index in [0.29, 0.717) is 5.57 Å². The predicted octanol–water partition coefficient (Wildman–Crippen LogP) is 0.412. The summed E-state index contributed by atoms with van der Waals surface area (Å²) in [5.41, 5.74) is 0.663. The van der Waals surface area contributed by atoms with Crippen LogP contribution in [-0.4, -0.2) is 25.0 Å². The zero-order chi connectivity index (χ0) is 11.2. The molecule has 1 fully saturated rings. The first-order valence-corrected chi connectivity index (χ1v) is 5.67. The third-order valence-electron chi connectivity index (χ3n) is 2.71. The van der Waals surface area contributed by atoms with Gasteiger partial charge in [0, 0.05) is 25.0 Å². The lowest BCUT2D eigenvalue weighted by Crippen LogP contribution is -2.46. The van der Waals surface area contributed by atoms with Gasteiger partial charge in [-0.25, -0.2) is 0 Å². The number of nitrogens with one attached hydrogen (secondary N) is 3. The normalized spacial score (nSPS) is 24.2. The van der Waals surface area contributed by atoms with E-state index in [-0.39, 0.29) is 11.9 Å². The topological polar surface area (TPSA) is 53.2 Å². The van der Waals surface area contributed by atoms with Crippen molar-refractivity contribution >= 4 is 5.91 Å². The van der Waals surface area contributed by atoms with Crippen molar-refractivity contribution in [2.24, 2.45) is 0 Å². The average molecular weight is 219 g/mol. The van der Waals surface area contributed by atoms with Crippen molar-refractivity contribution in [3.8, 4) is 0 Å². The van der Waals surface area contributed by atoms with Crippen LogP contribution < -0.4 is 16.0 Å². The fourth-order valence-corrected chi connectivity index (χ4v) is 1.84. The lowest BCUT2D eigenvalue weighted by Gasteiger charge is -2.23. The van der Waals surface area contributed by atoms with Crippen LogP contribution in [0.2, 0.25) is 0 Å². The van der Waals surface area contributed by atoms with Gasteiger partial charge in [-0.3, -0.25) is 4.79 Å². The summed E-state index contributed by atoms with van der Waals surface area (Å²) >= 11 is 0. The summed E-state index contributed by atoms with van der Waals surface area (Å²) < 4.78 is 0. The maximum Gasteiger partial charge on any atom is 0.253 e. The second-order valence-corrected chi connectivity index (χ2v) is 4.00. The summed E-state index contributed by atoms with van der Waals surface area (Å²) in [6, 6.07) is 0.256. The van der Waals surface area contributed by atoms with E-state index in [2.05, 4.69) is 16.0 Å². The molecular formula is C12H17N3O. The van der Waals surface area contributed by atoms with Crippen LogP contribution in [0.1, 0.15) is 12.8 Å². The first-order chi connectivity index (χ1) is 7.86. The van der Waals surface area contributed by atoms with Gasteiger partial charge in [-0.15, -0.1) is 0 Å². The number of amides is 1. The van der Waals surface area contributed by atoms with Crippen molar-refractivity contribution in [3.05, 3.63) is 36.2 Å². The second kappa shape index (κ2) is 5.51. The number of carbonyl (C=O) groups is 1. The van der Waals surface area contributed by atoms with Crippen molar-refractivity contribution in [1.82, 2.24) is 16.0 Å². The zero-order valence-electron chi connectivity index (χ0n) is 9.20. The van der Waals surface area contributed by atoms with E-state index in [1.54, 1.807) is 12.4 Å². The Labute approximate surface area is 95.5 Å². The molecule has 0 aliphatic carbocycles. The van der Waals surface area contributed by atoms with Gasteiger partial charge in [0.25, 0.3) is 5.91 Å². The molecule has 0 spiro atoms. The molecule has 0 aromatic carbocycles. The number of rotatable bonds is 2. The standard InChI is InChI=1S/C12H17N3O/c16-12(10-4-1-2-6-13-8-10)15-11-5-3-7-14-9-11/h1-2,4,6,8,11,13-14H,3,5,7,9H2,(H,15,16). The van der Waals surface area contributed by atoms with Gasteiger partial charge < -0.3 is 16.0 Å². The van der Waals surface area contributed by atoms with Gasteiger partial charge in [-0.1, -0.05) is 6.08 Å². The van der Waals surface area contributed by atoms with Crippen LogP contribution in [0.25, 0.3) is 0 Å². The summed E-state index contributed by atoms with van der Waals surface area (Å²) in [7, 11) is 0. The minimum Gasteiger partial charge on any atom is -0.367 e. The van der Waals surface area contributed by atoms with Crippen molar-refractivity contribution < 1.29 is 4.79 Å². The zero-order valence-corrected chi connectivity index (χ0v) is 9.20. The van der Waals surface area contributed by atoms with E-state index in [1.165, 1.54) is 0 Å². The second-order valence-electron chi connectivity index (χ2n) is 4.00. The predicted molar refractivity (Wildman–Crippen MR) is 63.5 cm³/mol. The molecule has 0 aromatic rings. The van der Waals surface area contributed by atoms with Gasteiger partial charge in [0.2, 0.25) is 0 Å². The molecule has 4 nitrogen and oxygen atoms in total. The van der Waals surface area contributed by atoms with Crippen LogP contribution in [-0.2, 0) is 4.79 Å². The molecule has 1 atom stereocenters. The molecule has 1 saturated heterocycles. The number of carbonyl (C=O) groups excluding carboxylic acids is 1. The van der Waals surface area contributed by atoms with Crippen LogP contribution in [0.4, 0.5) is 0 Å². The number of hydrogen-bond donors (Lipinski definition) is 3. The molecule has 1 amide bonds.